The Kier molecular flexibility index (Phi) is 4.27. The highest BCUT2D eigenvalue weighted by Gasteiger charge is 2.32. The third kappa shape index (κ3) is 3.58. The van der Waals surface area contributed by atoms with Gasteiger partial charge in [-0.3, -0.25) is 4.90 Å². The smallest absolute Gasteiger partial charge is 0.373 e. The van der Waals surface area contributed by atoms with E-state index in [0.29, 0.717) is 18.8 Å². The highest BCUT2D eigenvalue weighted by molar-refractivity contribution is 5.86. The van der Waals surface area contributed by atoms with Crippen LogP contribution in [0.25, 0.3) is 0 Å². The van der Waals surface area contributed by atoms with E-state index >= 15 is 0 Å². The molecule has 5 nitrogen and oxygen atoms in total. The topological polar surface area (TPSA) is 62.9 Å². The Morgan fingerprint density at radius 1 is 1.47 bits per heavy atom. The first kappa shape index (κ1) is 14.1. The van der Waals surface area contributed by atoms with Gasteiger partial charge in [-0.15, -0.1) is 0 Å². The molecular formula is C14H21NO4. The van der Waals surface area contributed by atoms with Crippen LogP contribution in [-0.2, 0) is 11.3 Å². The molecule has 1 aromatic rings. The molecule has 1 saturated carbocycles. The lowest BCUT2D eigenvalue weighted by atomic mass is 10.0. The maximum absolute atomic E-state index is 11.3. The summed E-state index contributed by atoms with van der Waals surface area (Å²) < 4.78 is 10.00. The van der Waals surface area contributed by atoms with E-state index in [0.717, 1.165) is 25.7 Å². The third-order valence-electron chi connectivity index (χ3n) is 3.57. The van der Waals surface area contributed by atoms with Crippen LogP contribution >= 0.6 is 0 Å². The Morgan fingerprint density at radius 3 is 2.79 bits per heavy atom. The molecule has 1 N–H and O–H groups in total. The van der Waals surface area contributed by atoms with Crippen LogP contribution in [0.5, 0.6) is 0 Å². The highest BCUT2D eigenvalue weighted by atomic mass is 16.5. The van der Waals surface area contributed by atoms with E-state index in [-0.39, 0.29) is 5.76 Å². The second kappa shape index (κ2) is 5.75. The quantitative estimate of drug-likeness (QED) is 0.824. The van der Waals surface area contributed by atoms with E-state index in [1.54, 1.807) is 12.1 Å². The molecule has 0 saturated heterocycles. The summed E-state index contributed by atoms with van der Waals surface area (Å²) in [7, 11) is 3.27. The average molecular weight is 267 g/mol. The number of likely N-dealkylation sites (N-methyl/N-ethyl adjacent to an activating group) is 1. The summed E-state index contributed by atoms with van der Waals surface area (Å²) in [5, 5.41) is 10.3. The fourth-order valence-electron chi connectivity index (χ4n) is 2.69. The summed E-state index contributed by atoms with van der Waals surface area (Å²) in [6.45, 7) is 1.20. The molecule has 1 aliphatic rings. The van der Waals surface area contributed by atoms with E-state index in [9.17, 15) is 9.90 Å². The maximum atomic E-state index is 11.3. The predicted octanol–water partition coefficient (Wildman–Crippen LogP) is 1.80. The number of esters is 1. The molecule has 0 bridgehead atoms. The normalized spacial score (nSPS) is 17.9. The molecule has 0 aliphatic heterocycles. The van der Waals surface area contributed by atoms with Crippen molar-refractivity contribution in [3.05, 3.63) is 23.7 Å². The van der Waals surface area contributed by atoms with Crippen molar-refractivity contribution in [2.24, 2.45) is 0 Å². The SMILES string of the molecule is COC(=O)c1ccc(CN(C)CC2(O)CCCC2)o1. The molecule has 19 heavy (non-hydrogen) atoms. The Hall–Kier alpha value is -1.33. The number of aliphatic hydroxyl groups is 1. The number of rotatable bonds is 5. The van der Waals surface area contributed by atoms with Gasteiger partial charge < -0.3 is 14.3 Å². The van der Waals surface area contributed by atoms with Gasteiger partial charge in [-0.25, -0.2) is 4.79 Å². The van der Waals surface area contributed by atoms with Crippen LogP contribution in [0.1, 0.15) is 42.0 Å². The minimum atomic E-state index is -0.563. The van der Waals surface area contributed by atoms with Crippen LogP contribution in [0, 0.1) is 0 Å². The number of hydrogen-bond acceptors (Lipinski definition) is 5. The van der Waals surface area contributed by atoms with E-state index < -0.39 is 11.6 Å². The summed E-state index contributed by atoms with van der Waals surface area (Å²) in [5.41, 5.74) is -0.563. The van der Waals surface area contributed by atoms with Crippen molar-refractivity contribution >= 4 is 5.97 Å². The molecular weight excluding hydrogens is 246 g/mol. The predicted molar refractivity (Wildman–Crippen MR) is 69.8 cm³/mol. The fraction of sp³-hybridized carbons (Fsp3) is 0.643. The molecule has 0 unspecified atom stereocenters. The number of furan rings is 1. The van der Waals surface area contributed by atoms with E-state index in [1.165, 1.54) is 7.11 Å². The molecule has 5 heteroatoms. The number of hydrogen-bond donors (Lipinski definition) is 1. The second-order valence-electron chi connectivity index (χ2n) is 5.36. The lowest BCUT2D eigenvalue weighted by molar-refractivity contribution is 0.0129. The largest absolute Gasteiger partial charge is 0.463 e. The van der Waals surface area contributed by atoms with E-state index in [1.807, 2.05) is 11.9 Å². The molecule has 1 aromatic heterocycles. The Morgan fingerprint density at radius 2 is 2.16 bits per heavy atom. The zero-order valence-electron chi connectivity index (χ0n) is 11.5. The van der Waals surface area contributed by atoms with Crippen molar-refractivity contribution < 1.29 is 19.1 Å². The summed E-state index contributed by atoms with van der Waals surface area (Å²) in [5.74, 6) is 0.443. The highest BCUT2D eigenvalue weighted by Crippen LogP contribution is 2.30. The Balaban J connectivity index is 1.89. The van der Waals surface area contributed by atoms with Crippen molar-refractivity contribution in [3.63, 3.8) is 0 Å². The van der Waals surface area contributed by atoms with Crippen LogP contribution in [0.2, 0.25) is 0 Å². The first-order valence-electron chi connectivity index (χ1n) is 6.60. The summed E-state index contributed by atoms with van der Waals surface area (Å²) in [6.07, 6.45) is 3.92. The van der Waals surface area contributed by atoms with Gasteiger partial charge in [0.1, 0.15) is 5.76 Å². The summed E-state index contributed by atoms with van der Waals surface area (Å²) in [6, 6.07) is 3.38. The lowest BCUT2D eigenvalue weighted by Crippen LogP contribution is -2.38. The molecule has 1 fully saturated rings. The molecule has 0 atom stereocenters. The number of methoxy groups -OCH3 is 1. The van der Waals surface area contributed by atoms with Gasteiger partial charge in [0.25, 0.3) is 0 Å². The Bertz CT molecular complexity index is 434. The van der Waals surface area contributed by atoms with Gasteiger partial charge in [-0.2, -0.15) is 0 Å². The van der Waals surface area contributed by atoms with Crippen LogP contribution in [-0.4, -0.2) is 42.3 Å². The van der Waals surface area contributed by atoms with Gasteiger partial charge in [-0.05, 0) is 32.0 Å². The minimum Gasteiger partial charge on any atom is -0.463 e. The van der Waals surface area contributed by atoms with Crippen molar-refractivity contribution in [2.45, 2.75) is 37.8 Å². The maximum Gasteiger partial charge on any atom is 0.373 e. The van der Waals surface area contributed by atoms with Gasteiger partial charge in [0.05, 0.1) is 19.3 Å². The molecule has 2 rings (SSSR count). The first-order valence-corrected chi connectivity index (χ1v) is 6.60. The van der Waals surface area contributed by atoms with Crippen molar-refractivity contribution in [1.82, 2.24) is 4.90 Å². The van der Waals surface area contributed by atoms with Crippen molar-refractivity contribution in [2.75, 3.05) is 20.7 Å². The fourth-order valence-corrected chi connectivity index (χ4v) is 2.69. The van der Waals surface area contributed by atoms with Crippen LogP contribution < -0.4 is 0 Å². The minimum absolute atomic E-state index is 0.213. The molecule has 1 heterocycles. The van der Waals surface area contributed by atoms with Crippen LogP contribution in [0.4, 0.5) is 0 Å². The average Bonchev–Trinajstić information content (AvgIpc) is 2.97. The Labute approximate surface area is 113 Å². The van der Waals surface area contributed by atoms with Gasteiger partial charge in [0.15, 0.2) is 0 Å². The molecule has 106 valence electrons. The lowest BCUT2D eigenvalue weighted by Gasteiger charge is -2.27. The standard InChI is InChI=1S/C14H21NO4/c1-15(10-14(17)7-3-4-8-14)9-11-5-6-12(19-11)13(16)18-2/h5-6,17H,3-4,7-10H2,1-2H3. The zero-order valence-corrected chi connectivity index (χ0v) is 11.5. The van der Waals surface area contributed by atoms with E-state index in [4.69, 9.17) is 4.42 Å². The van der Waals surface area contributed by atoms with Gasteiger partial charge in [0, 0.05) is 6.54 Å². The third-order valence-corrected chi connectivity index (χ3v) is 3.57. The monoisotopic (exact) mass is 267 g/mol. The molecule has 1 aliphatic carbocycles. The molecule has 0 spiro atoms. The van der Waals surface area contributed by atoms with Crippen LogP contribution in [0.15, 0.2) is 16.5 Å². The van der Waals surface area contributed by atoms with Gasteiger partial charge in [0.2, 0.25) is 5.76 Å². The van der Waals surface area contributed by atoms with Crippen molar-refractivity contribution in [1.29, 1.82) is 0 Å². The molecule has 0 aromatic carbocycles. The van der Waals surface area contributed by atoms with Gasteiger partial charge >= 0.3 is 5.97 Å². The number of nitrogens with zero attached hydrogens (tertiary/aromatic N) is 1. The zero-order chi connectivity index (χ0) is 13.9. The summed E-state index contributed by atoms with van der Waals surface area (Å²) in [4.78, 5) is 13.3. The van der Waals surface area contributed by atoms with Gasteiger partial charge in [-0.1, -0.05) is 12.8 Å². The second-order valence-corrected chi connectivity index (χ2v) is 5.36. The number of carbonyl (C=O) groups is 1. The number of carbonyl (C=O) groups excluding carboxylic acids is 1. The van der Waals surface area contributed by atoms with Crippen molar-refractivity contribution in [3.8, 4) is 0 Å². The molecule has 0 amide bonds. The molecule has 0 radical (unpaired) electrons. The first-order chi connectivity index (χ1) is 9.02. The summed E-state index contributed by atoms with van der Waals surface area (Å²) >= 11 is 0. The van der Waals surface area contributed by atoms with E-state index in [2.05, 4.69) is 4.74 Å². The number of ether oxygens (including phenoxy) is 1. The van der Waals surface area contributed by atoms with Crippen LogP contribution in [0.3, 0.4) is 0 Å².